The van der Waals surface area contributed by atoms with Gasteiger partial charge in [-0.25, -0.2) is 9.78 Å². The molecule has 7 rings (SSSR count). The summed E-state index contributed by atoms with van der Waals surface area (Å²) >= 11 is 0. The van der Waals surface area contributed by atoms with Gasteiger partial charge in [-0.1, -0.05) is 58.9 Å². The summed E-state index contributed by atoms with van der Waals surface area (Å²) in [5.74, 6) is -0.400. The number of carboxylic acids is 2. The number of aromatic nitrogens is 1. The quantitative estimate of drug-likeness (QED) is 0.141. The molecule has 10 nitrogen and oxygen atoms in total. The molecule has 0 bridgehead atoms. The van der Waals surface area contributed by atoms with E-state index in [9.17, 15) is 29.7 Å². The van der Waals surface area contributed by atoms with Gasteiger partial charge in [0.05, 0.1) is 0 Å². The number of hydrogen-bond donors (Lipinski definition) is 5. The molecule has 0 aliphatic heterocycles. The number of β-amino-alcohol motifs (C(OH)–C–C–N with tert-alkyl or cyclic N) is 1. The summed E-state index contributed by atoms with van der Waals surface area (Å²) in [6, 6.07) is 3.14. The molecule has 306 valence electrons. The number of amides is 1. The van der Waals surface area contributed by atoms with E-state index in [1.54, 1.807) is 6.07 Å². The van der Waals surface area contributed by atoms with Gasteiger partial charge in [0.1, 0.15) is 17.6 Å². The fourth-order valence-corrected chi connectivity index (χ4v) is 14.4. The van der Waals surface area contributed by atoms with Crippen LogP contribution >= 0.6 is 0 Å². The van der Waals surface area contributed by atoms with E-state index in [1.807, 2.05) is 0 Å². The molecule has 1 aromatic rings. The molecular weight excluding hydrogens is 707 g/mol. The van der Waals surface area contributed by atoms with Gasteiger partial charge >= 0.3 is 11.9 Å². The highest BCUT2D eigenvalue weighted by Gasteiger charge is 2.70. The number of hydrogen-bond acceptors (Lipinski definition) is 7. The van der Waals surface area contributed by atoms with Crippen molar-refractivity contribution in [2.24, 2.45) is 62.4 Å². The maximum Gasteiger partial charge on any atom is 0.333 e. The van der Waals surface area contributed by atoms with E-state index in [-0.39, 0.29) is 51.8 Å². The van der Waals surface area contributed by atoms with Crippen molar-refractivity contribution in [2.75, 3.05) is 13.2 Å². The number of allylic oxidation sites excluding steroid dienone is 5. The monoisotopic (exact) mass is 771 g/mol. The molecule has 6 aliphatic carbocycles. The number of nitrogens with zero attached hydrogens (tertiary/aromatic N) is 1. The van der Waals surface area contributed by atoms with Crippen molar-refractivity contribution < 1.29 is 34.4 Å². The van der Waals surface area contributed by atoms with Crippen molar-refractivity contribution >= 4 is 17.8 Å². The summed E-state index contributed by atoms with van der Waals surface area (Å²) < 4.78 is 5.91. The number of carbonyl (C=O) groups is 3. The minimum atomic E-state index is -1.41. The molecule has 3 unspecified atom stereocenters. The van der Waals surface area contributed by atoms with Crippen molar-refractivity contribution in [1.82, 2.24) is 10.3 Å². The number of carboxylic acid groups (broad SMARTS) is 2. The SMILES string of the molecule is C=C(C)C1CC[C@]2(NC[C@H](O)C(=O)O)CC[C@]3(C)[C@H](CCC4[C@@]5(C)CC=C(C6=CC[C@](COc7ncccc7C(N)=O)(C(=O)O)CC6)C(C)(C)C5CC[C@]43C)[C@@H]12. The Kier molecular flexibility index (Phi) is 10.2. The first-order valence-electron chi connectivity index (χ1n) is 21.1. The zero-order chi connectivity index (χ0) is 40.6. The second-order valence-corrected chi connectivity index (χ2v) is 20.1. The highest BCUT2D eigenvalue weighted by Crippen LogP contribution is 2.76. The topological polar surface area (TPSA) is 172 Å². The van der Waals surface area contributed by atoms with Crippen molar-refractivity contribution in [3.8, 4) is 5.88 Å². The number of aliphatic hydroxyl groups is 1. The van der Waals surface area contributed by atoms with Gasteiger partial charge in [0.25, 0.3) is 5.91 Å². The smallest absolute Gasteiger partial charge is 0.333 e. The van der Waals surface area contributed by atoms with Crippen LogP contribution in [0.15, 0.2) is 53.8 Å². The Morgan fingerprint density at radius 2 is 1.71 bits per heavy atom. The molecule has 0 aromatic carbocycles. The molecule has 0 radical (unpaired) electrons. The third-order valence-electron chi connectivity index (χ3n) is 17.5. The average molecular weight is 772 g/mol. The minimum absolute atomic E-state index is 0.0664. The van der Waals surface area contributed by atoms with Crippen LogP contribution in [0.5, 0.6) is 5.88 Å². The van der Waals surface area contributed by atoms with E-state index in [0.29, 0.717) is 48.9 Å². The maximum atomic E-state index is 12.8. The van der Waals surface area contributed by atoms with Gasteiger partial charge in [0.15, 0.2) is 6.10 Å². The first kappa shape index (κ1) is 40.7. The van der Waals surface area contributed by atoms with Gasteiger partial charge in [-0.2, -0.15) is 0 Å². The molecule has 6 N–H and O–H groups in total. The van der Waals surface area contributed by atoms with Crippen LogP contribution in [0.4, 0.5) is 0 Å². The second-order valence-electron chi connectivity index (χ2n) is 20.1. The average Bonchev–Trinajstić information content (AvgIpc) is 3.53. The van der Waals surface area contributed by atoms with Gasteiger partial charge in [-0.15, -0.1) is 0 Å². The molecule has 4 fully saturated rings. The zero-order valence-electron chi connectivity index (χ0n) is 34.5. The largest absolute Gasteiger partial charge is 0.481 e. The Balaban J connectivity index is 1.13. The number of primary amides is 1. The van der Waals surface area contributed by atoms with E-state index >= 15 is 0 Å². The van der Waals surface area contributed by atoms with Crippen LogP contribution in [-0.2, 0) is 9.59 Å². The Hall–Kier alpha value is -3.50. The minimum Gasteiger partial charge on any atom is -0.481 e. The van der Waals surface area contributed by atoms with E-state index in [1.165, 1.54) is 41.8 Å². The summed E-state index contributed by atoms with van der Waals surface area (Å²) in [6.45, 7) is 19.3. The molecule has 1 heterocycles. The standard InChI is InChI=1S/C46H65N3O7/c1-27(2)29-14-21-46(49-25-33(50)39(52)53)23-22-43(6)32(36(29)46)10-11-35-42(5)17-15-31(41(3,4)34(42)16-18-44(35,43)7)28-12-19-45(20-13-28,40(54)55)26-56-38-30(37(47)51)9-8-24-48-38/h8-9,12,15,24,29,32-36,49-50H,1,10-11,13-14,16-23,25-26H2,2-7H3,(H2,47,51)(H,52,53)(H,54,55)/t29?,32-,33+,34?,35?,36-,42+,43-,44-,45+,46+/m1/s1. The van der Waals surface area contributed by atoms with E-state index in [2.05, 4.69) is 70.6 Å². The lowest BCUT2D eigenvalue weighted by atomic mass is 9.33. The zero-order valence-corrected chi connectivity index (χ0v) is 34.5. The first-order valence-corrected chi connectivity index (χ1v) is 21.1. The van der Waals surface area contributed by atoms with Gasteiger partial charge in [0.2, 0.25) is 5.88 Å². The molecule has 6 aliphatic rings. The van der Waals surface area contributed by atoms with Crippen LogP contribution < -0.4 is 15.8 Å². The fraction of sp³-hybridized carbons (Fsp3) is 0.696. The van der Waals surface area contributed by atoms with Gasteiger partial charge in [-0.05, 0) is 159 Å². The molecule has 1 aromatic heterocycles. The number of pyridine rings is 1. The summed E-state index contributed by atoms with van der Waals surface area (Å²) in [5, 5.41) is 34.0. The molecule has 0 spiro atoms. The Morgan fingerprint density at radius 1 is 0.964 bits per heavy atom. The highest BCUT2D eigenvalue weighted by atomic mass is 16.5. The number of fused-ring (bicyclic) bond motifs is 7. The van der Waals surface area contributed by atoms with Crippen LogP contribution in [0.25, 0.3) is 0 Å². The Bertz CT molecular complexity index is 1850. The third kappa shape index (κ3) is 6.09. The first-order chi connectivity index (χ1) is 26.3. The number of aliphatic hydroxyl groups excluding tert-OH is 1. The van der Waals surface area contributed by atoms with Gasteiger partial charge in [-0.3, -0.25) is 9.59 Å². The lowest BCUT2D eigenvalue weighted by Crippen LogP contribution is -2.68. The molecule has 1 amide bonds. The predicted molar refractivity (Wildman–Crippen MR) is 215 cm³/mol. The van der Waals surface area contributed by atoms with E-state index < -0.39 is 29.4 Å². The molecule has 11 atom stereocenters. The van der Waals surface area contributed by atoms with Crippen LogP contribution in [0, 0.1) is 56.7 Å². The van der Waals surface area contributed by atoms with E-state index in [4.69, 9.17) is 10.5 Å². The molecule has 56 heavy (non-hydrogen) atoms. The highest BCUT2D eigenvalue weighted by molar-refractivity contribution is 5.95. The molecular formula is C46H65N3O7. The van der Waals surface area contributed by atoms with Crippen molar-refractivity contribution in [2.45, 2.75) is 130 Å². The summed E-state index contributed by atoms with van der Waals surface area (Å²) in [5.41, 5.74) is 8.50. The number of rotatable bonds is 11. The number of aliphatic carboxylic acids is 2. The number of ether oxygens (including phenoxy) is 1. The van der Waals surface area contributed by atoms with Crippen molar-refractivity contribution in [3.05, 3.63) is 59.3 Å². The van der Waals surface area contributed by atoms with Crippen LogP contribution in [-0.4, -0.2) is 62.9 Å². The maximum absolute atomic E-state index is 12.8. The second kappa shape index (κ2) is 14.1. The lowest BCUT2D eigenvalue weighted by molar-refractivity contribution is -0.221. The third-order valence-corrected chi connectivity index (χ3v) is 17.5. The summed E-state index contributed by atoms with van der Waals surface area (Å²) in [7, 11) is 0. The van der Waals surface area contributed by atoms with Crippen molar-refractivity contribution in [1.29, 1.82) is 0 Å². The van der Waals surface area contributed by atoms with Crippen LogP contribution in [0.1, 0.15) is 129 Å². The lowest BCUT2D eigenvalue weighted by Gasteiger charge is -2.72. The van der Waals surface area contributed by atoms with Crippen LogP contribution in [0.3, 0.4) is 0 Å². The number of nitrogens with one attached hydrogen (secondary N) is 1. The van der Waals surface area contributed by atoms with Crippen LogP contribution in [0.2, 0.25) is 0 Å². The predicted octanol–water partition coefficient (Wildman–Crippen LogP) is 7.72. The number of carbonyl (C=O) groups excluding carboxylic acids is 1. The van der Waals surface area contributed by atoms with E-state index in [0.717, 1.165) is 44.9 Å². The van der Waals surface area contributed by atoms with Gasteiger partial charge in [0, 0.05) is 18.3 Å². The normalized spacial score (nSPS) is 40.4. The molecule has 0 saturated heterocycles. The number of nitrogens with two attached hydrogens (primary N) is 1. The Labute approximate surface area is 332 Å². The molecule has 4 saturated carbocycles. The van der Waals surface area contributed by atoms with Gasteiger partial charge < -0.3 is 31.1 Å². The fourth-order valence-electron chi connectivity index (χ4n) is 14.4. The Morgan fingerprint density at radius 3 is 2.36 bits per heavy atom. The summed E-state index contributed by atoms with van der Waals surface area (Å²) in [6.07, 6.45) is 15.9. The molecule has 10 heteroatoms. The summed E-state index contributed by atoms with van der Waals surface area (Å²) in [4.78, 5) is 40.5. The van der Waals surface area contributed by atoms with Crippen molar-refractivity contribution in [3.63, 3.8) is 0 Å².